The van der Waals surface area contributed by atoms with Crippen molar-refractivity contribution in [1.82, 2.24) is 4.72 Å². The smallest absolute Gasteiger partial charge is 0.422 e. The molecule has 0 aliphatic carbocycles. The second-order valence-electron chi connectivity index (χ2n) is 3.76. The van der Waals surface area contributed by atoms with E-state index in [-0.39, 0.29) is 18.8 Å². The topological polar surface area (TPSA) is 102 Å². The SMILES string of the molecule is COC(=O)NS(=O)(=O)N(CCCN)c1ccccc1F. The van der Waals surface area contributed by atoms with Crippen LogP contribution in [0.1, 0.15) is 6.42 Å². The molecule has 7 nitrogen and oxygen atoms in total. The molecule has 0 aliphatic heterocycles. The van der Waals surface area contributed by atoms with Crippen molar-refractivity contribution < 1.29 is 22.3 Å². The third kappa shape index (κ3) is 4.07. The van der Waals surface area contributed by atoms with Crippen LogP contribution in [-0.4, -0.2) is 34.7 Å². The van der Waals surface area contributed by atoms with Crippen LogP contribution in [0.15, 0.2) is 24.3 Å². The van der Waals surface area contributed by atoms with Crippen LogP contribution in [0.3, 0.4) is 0 Å². The van der Waals surface area contributed by atoms with Crippen molar-refractivity contribution in [3.8, 4) is 0 Å². The van der Waals surface area contributed by atoms with Crippen LogP contribution in [0, 0.1) is 5.82 Å². The van der Waals surface area contributed by atoms with Gasteiger partial charge < -0.3 is 10.5 Å². The fraction of sp³-hybridized carbons (Fsp3) is 0.364. The number of carbonyl (C=O) groups is 1. The van der Waals surface area contributed by atoms with Crippen molar-refractivity contribution in [1.29, 1.82) is 0 Å². The summed E-state index contributed by atoms with van der Waals surface area (Å²) in [6, 6.07) is 5.34. The predicted octanol–water partition coefficient (Wildman–Crippen LogP) is 0.582. The van der Waals surface area contributed by atoms with E-state index in [4.69, 9.17) is 5.73 Å². The number of hydrogen-bond acceptors (Lipinski definition) is 5. The van der Waals surface area contributed by atoms with Crippen molar-refractivity contribution >= 4 is 22.0 Å². The molecule has 20 heavy (non-hydrogen) atoms. The van der Waals surface area contributed by atoms with E-state index in [1.165, 1.54) is 18.2 Å². The number of hydrogen-bond donors (Lipinski definition) is 2. The summed E-state index contributed by atoms with van der Waals surface area (Å²) in [6.45, 7) is 0.155. The first-order valence-electron chi connectivity index (χ1n) is 5.75. The average molecular weight is 305 g/mol. The zero-order valence-electron chi connectivity index (χ0n) is 10.9. The van der Waals surface area contributed by atoms with E-state index in [0.29, 0.717) is 6.42 Å². The van der Waals surface area contributed by atoms with E-state index in [2.05, 4.69) is 4.74 Å². The first-order valence-corrected chi connectivity index (χ1v) is 7.19. The Morgan fingerprint density at radius 3 is 2.65 bits per heavy atom. The Labute approximate surface area is 116 Å². The molecule has 0 bridgehead atoms. The van der Waals surface area contributed by atoms with Crippen LogP contribution in [-0.2, 0) is 14.9 Å². The minimum absolute atomic E-state index is 0.0657. The lowest BCUT2D eigenvalue weighted by molar-refractivity contribution is 0.177. The molecule has 0 aliphatic rings. The van der Waals surface area contributed by atoms with Gasteiger partial charge in [0.2, 0.25) is 0 Å². The summed E-state index contributed by atoms with van der Waals surface area (Å²) in [6.07, 6.45) is -0.852. The van der Waals surface area contributed by atoms with Gasteiger partial charge in [0.15, 0.2) is 0 Å². The van der Waals surface area contributed by atoms with Crippen LogP contribution >= 0.6 is 0 Å². The first kappa shape index (κ1) is 16.2. The van der Waals surface area contributed by atoms with Crippen molar-refractivity contribution in [2.45, 2.75) is 6.42 Å². The van der Waals surface area contributed by atoms with Gasteiger partial charge in [0.25, 0.3) is 0 Å². The van der Waals surface area contributed by atoms with E-state index in [0.717, 1.165) is 17.5 Å². The molecule has 0 saturated heterocycles. The van der Waals surface area contributed by atoms with Crippen LogP contribution < -0.4 is 14.8 Å². The number of ether oxygens (including phenoxy) is 1. The van der Waals surface area contributed by atoms with E-state index in [1.54, 1.807) is 4.72 Å². The maximum absolute atomic E-state index is 13.7. The molecule has 0 fully saturated rings. The van der Waals surface area contributed by atoms with Crippen LogP contribution in [0.5, 0.6) is 0 Å². The number of anilines is 1. The van der Waals surface area contributed by atoms with Gasteiger partial charge in [0, 0.05) is 6.54 Å². The Balaban J connectivity index is 3.12. The zero-order chi connectivity index (χ0) is 15.2. The summed E-state index contributed by atoms with van der Waals surface area (Å²) in [5.74, 6) is -0.722. The second kappa shape index (κ2) is 7.06. The summed E-state index contributed by atoms with van der Waals surface area (Å²) >= 11 is 0. The van der Waals surface area contributed by atoms with E-state index in [9.17, 15) is 17.6 Å². The molecule has 0 atom stereocenters. The first-order chi connectivity index (χ1) is 9.42. The summed E-state index contributed by atoms with van der Waals surface area (Å²) in [5.41, 5.74) is 5.17. The van der Waals surface area contributed by atoms with E-state index < -0.39 is 22.1 Å². The number of nitrogens with one attached hydrogen (secondary N) is 1. The van der Waals surface area contributed by atoms with Crippen molar-refractivity contribution in [2.75, 3.05) is 24.5 Å². The highest BCUT2D eigenvalue weighted by Gasteiger charge is 2.26. The molecule has 0 radical (unpaired) electrons. The number of nitrogens with zero attached hydrogens (tertiary/aromatic N) is 1. The number of rotatable bonds is 6. The molecule has 3 N–H and O–H groups in total. The molecule has 0 unspecified atom stereocenters. The zero-order valence-corrected chi connectivity index (χ0v) is 11.7. The third-order valence-electron chi connectivity index (χ3n) is 2.37. The molecular weight excluding hydrogens is 289 g/mol. The van der Waals surface area contributed by atoms with Crippen molar-refractivity contribution in [3.05, 3.63) is 30.1 Å². The highest BCUT2D eigenvalue weighted by molar-refractivity contribution is 7.91. The minimum Gasteiger partial charge on any atom is -0.452 e. The number of nitrogens with two attached hydrogens (primary N) is 1. The van der Waals surface area contributed by atoms with Gasteiger partial charge in [-0.2, -0.15) is 8.42 Å². The van der Waals surface area contributed by atoms with Gasteiger partial charge in [-0.1, -0.05) is 12.1 Å². The lowest BCUT2D eigenvalue weighted by Gasteiger charge is -2.24. The Morgan fingerprint density at radius 2 is 2.10 bits per heavy atom. The summed E-state index contributed by atoms with van der Waals surface area (Å²) < 4.78 is 44.5. The fourth-order valence-electron chi connectivity index (χ4n) is 1.46. The lowest BCUT2D eigenvalue weighted by atomic mass is 10.3. The second-order valence-corrected chi connectivity index (χ2v) is 5.36. The summed E-state index contributed by atoms with van der Waals surface area (Å²) in [5, 5.41) is 0. The molecule has 1 rings (SSSR count). The van der Waals surface area contributed by atoms with Crippen LogP contribution in [0.2, 0.25) is 0 Å². The fourth-order valence-corrected chi connectivity index (χ4v) is 2.64. The monoisotopic (exact) mass is 305 g/mol. The standard InChI is InChI=1S/C11H16FN3O4S/c1-19-11(16)14-20(17,18)15(8-4-7-13)10-6-3-2-5-9(10)12/h2-3,5-6H,4,7-8,13H2,1H3,(H,14,16). The number of amides is 1. The molecule has 0 heterocycles. The van der Waals surface area contributed by atoms with Gasteiger partial charge in [-0.3, -0.25) is 4.31 Å². The predicted molar refractivity (Wildman–Crippen MR) is 71.9 cm³/mol. The molecule has 9 heteroatoms. The number of carbonyl (C=O) groups excluding carboxylic acids is 1. The maximum atomic E-state index is 13.7. The average Bonchev–Trinajstić information content (AvgIpc) is 2.40. The van der Waals surface area contributed by atoms with E-state index >= 15 is 0 Å². The molecule has 0 spiro atoms. The highest BCUT2D eigenvalue weighted by atomic mass is 32.2. The molecule has 112 valence electrons. The molecule has 1 aromatic carbocycles. The molecule has 1 aromatic rings. The number of halogens is 1. The molecule has 0 saturated carbocycles. The van der Waals surface area contributed by atoms with Crippen LogP contribution in [0.4, 0.5) is 14.9 Å². The van der Waals surface area contributed by atoms with Gasteiger partial charge in [-0.15, -0.1) is 0 Å². The largest absolute Gasteiger partial charge is 0.452 e. The number of benzene rings is 1. The summed E-state index contributed by atoms with van der Waals surface area (Å²) in [7, 11) is -3.24. The summed E-state index contributed by atoms with van der Waals surface area (Å²) in [4.78, 5) is 11.1. The normalized spacial score (nSPS) is 10.9. The van der Waals surface area contributed by atoms with Gasteiger partial charge in [0.1, 0.15) is 5.82 Å². The van der Waals surface area contributed by atoms with Gasteiger partial charge in [-0.25, -0.2) is 13.9 Å². The molecule has 0 aromatic heterocycles. The van der Waals surface area contributed by atoms with Crippen LogP contribution in [0.25, 0.3) is 0 Å². The van der Waals surface area contributed by atoms with Gasteiger partial charge in [-0.05, 0) is 25.1 Å². The Morgan fingerprint density at radius 1 is 1.45 bits per heavy atom. The molecule has 1 amide bonds. The molecular formula is C11H16FN3O4S. The minimum atomic E-state index is -4.27. The van der Waals surface area contributed by atoms with Gasteiger partial charge >= 0.3 is 16.3 Å². The highest BCUT2D eigenvalue weighted by Crippen LogP contribution is 2.21. The van der Waals surface area contributed by atoms with Crippen molar-refractivity contribution in [3.63, 3.8) is 0 Å². The van der Waals surface area contributed by atoms with Gasteiger partial charge in [0.05, 0.1) is 12.8 Å². The number of para-hydroxylation sites is 1. The quantitative estimate of drug-likeness (QED) is 0.800. The van der Waals surface area contributed by atoms with E-state index in [1.807, 2.05) is 0 Å². The van der Waals surface area contributed by atoms with Crippen molar-refractivity contribution in [2.24, 2.45) is 5.73 Å². The Bertz CT molecular complexity index is 565. The Hall–Kier alpha value is -1.87. The number of methoxy groups -OCH3 is 1. The third-order valence-corrected chi connectivity index (χ3v) is 3.76. The maximum Gasteiger partial charge on any atom is 0.422 e. The lowest BCUT2D eigenvalue weighted by Crippen LogP contribution is -2.44. The Kier molecular flexibility index (Phi) is 5.71.